The van der Waals surface area contributed by atoms with Crippen LogP contribution in [-0.2, 0) is 40.1 Å². The van der Waals surface area contributed by atoms with Gasteiger partial charge in [0, 0.05) is 23.6 Å². The zero-order chi connectivity index (χ0) is 41.8. The van der Waals surface area contributed by atoms with Gasteiger partial charge in [-0.2, -0.15) is 34.8 Å². The van der Waals surface area contributed by atoms with Crippen molar-refractivity contribution in [3.63, 3.8) is 0 Å². The maximum Gasteiger partial charge on any atom is 0.516 e. The van der Waals surface area contributed by atoms with Gasteiger partial charge >= 0.3 is 31.1 Å². The highest BCUT2D eigenvalue weighted by atomic mass is 32.2. The number of benzene rings is 4. The van der Waals surface area contributed by atoms with Crippen LogP contribution >= 0.6 is 0 Å². The Morgan fingerprint density at radius 3 is 1.20 bits per heavy atom. The van der Waals surface area contributed by atoms with Gasteiger partial charge in [-0.15, -0.1) is 0 Å². The van der Waals surface area contributed by atoms with Gasteiger partial charge in [-0.1, -0.05) is 93.1 Å². The third kappa shape index (κ3) is 19.2. The van der Waals surface area contributed by atoms with Crippen LogP contribution in [0.5, 0.6) is 0 Å². The topological polar surface area (TPSA) is 185 Å². The lowest BCUT2D eigenvalue weighted by Crippen LogP contribution is -2.36. The Hall–Kier alpha value is -4.38. The summed E-state index contributed by atoms with van der Waals surface area (Å²) in [7, 11) is -17.0. The highest BCUT2D eigenvalue weighted by molar-refractivity contribution is 7.93. The van der Waals surface area contributed by atoms with Gasteiger partial charge in [-0.05, 0) is 61.4 Å². The number of unbranched alkanes of at least 4 members (excludes halogenated alkanes) is 1. The van der Waals surface area contributed by atoms with Crippen molar-refractivity contribution in [1.82, 2.24) is 4.72 Å². The third-order valence-electron chi connectivity index (χ3n) is 6.07. The van der Waals surface area contributed by atoms with E-state index in [0.717, 1.165) is 6.42 Å². The minimum absolute atomic E-state index is 0.121. The van der Waals surface area contributed by atoms with Crippen LogP contribution in [0.15, 0.2) is 126 Å². The van der Waals surface area contributed by atoms with E-state index in [1.807, 2.05) is 19.1 Å². The molecule has 0 fully saturated rings. The maximum absolute atomic E-state index is 11.9. The average molecular weight is 863 g/mol. The van der Waals surface area contributed by atoms with Gasteiger partial charge < -0.3 is 0 Å². The molecule has 0 saturated carbocycles. The Morgan fingerprint density at radius 1 is 0.473 bits per heavy atom. The zero-order valence-electron chi connectivity index (χ0n) is 29.2. The van der Waals surface area contributed by atoms with Gasteiger partial charge in [0.1, 0.15) is 0 Å². The average Bonchev–Trinajstić information content (AvgIpc) is 3.11. The van der Waals surface area contributed by atoms with Crippen LogP contribution in [0.4, 0.5) is 43.4 Å². The predicted octanol–water partition coefficient (Wildman–Crippen LogP) is 7.50. The second kappa shape index (κ2) is 22.2. The molecule has 22 heteroatoms. The number of para-hydroxylation sites is 3. The summed E-state index contributed by atoms with van der Waals surface area (Å²) < 4.78 is 166. The summed E-state index contributed by atoms with van der Waals surface area (Å²) in [5, 5.41) is 0. The van der Waals surface area contributed by atoms with Crippen LogP contribution < -0.4 is 18.9 Å². The van der Waals surface area contributed by atoms with Crippen LogP contribution in [0, 0.1) is 0 Å². The highest BCUT2D eigenvalue weighted by Crippen LogP contribution is 2.25. The Labute approximate surface area is 317 Å². The predicted molar refractivity (Wildman–Crippen MR) is 201 cm³/mol. The Kier molecular flexibility index (Phi) is 19.7. The van der Waals surface area contributed by atoms with Crippen molar-refractivity contribution >= 4 is 57.2 Å². The van der Waals surface area contributed by atoms with Crippen molar-refractivity contribution in [2.45, 2.75) is 49.0 Å². The molecule has 12 nitrogen and oxygen atoms in total. The molecule has 4 rings (SSSR count). The summed E-state index contributed by atoms with van der Waals surface area (Å²) >= 11 is 0. The Morgan fingerprint density at radius 2 is 0.836 bits per heavy atom. The summed E-state index contributed by atoms with van der Waals surface area (Å²) in [6.07, 6.45) is 1.91. The summed E-state index contributed by atoms with van der Waals surface area (Å²) in [5.74, 6) is 0.193. The smallest absolute Gasteiger partial charge is 0.284 e. The molecule has 0 aliphatic heterocycles. The fourth-order valence-electron chi connectivity index (χ4n) is 3.43. The van der Waals surface area contributed by atoms with Gasteiger partial charge in [0.2, 0.25) is 10.0 Å². The molecule has 55 heavy (non-hydrogen) atoms. The lowest BCUT2D eigenvalue weighted by molar-refractivity contribution is -0.0449. The van der Waals surface area contributed by atoms with Crippen LogP contribution in [0.2, 0.25) is 0 Å². The Balaban J connectivity index is 0.000000370. The summed E-state index contributed by atoms with van der Waals surface area (Å²) in [6.45, 7) is 3.35. The molecule has 0 aliphatic rings. The first-order valence-corrected chi connectivity index (χ1v) is 21.9. The molecule has 4 aromatic rings. The monoisotopic (exact) mass is 862 g/mol. The molecule has 4 aromatic carbocycles. The molecule has 0 amide bonds. The molecule has 0 bridgehead atoms. The van der Waals surface area contributed by atoms with Crippen molar-refractivity contribution in [2.24, 2.45) is 0 Å². The van der Waals surface area contributed by atoms with E-state index in [0.29, 0.717) is 24.2 Å². The molecule has 0 aliphatic carbocycles. The van der Waals surface area contributed by atoms with Gasteiger partial charge in [0.15, 0.2) is 0 Å². The molecule has 0 atom stereocenters. The number of rotatable bonds is 13. The first-order valence-electron chi connectivity index (χ1n) is 15.8. The van der Waals surface area contributed by atoms with E-state index in [-0.39, 0.29) is 22.9 Å². The third-order valence-corrected chi connectivity index (χ3v) is 11.1. The second-order valence-electron chi connectivity index (χ2n) is 10.7. The van der Waals surface area contributed by atoms with Crippen molar-refractivity contribution < 1.29 is 60.0 Å². The Bertz CT molecular complexity index is 2130. The molecule has 0 spiro atoms. The largest absolute Gasteiger partial charge is 0.516 e. The van der Waals surface area contributed by atoms with Gasteiger partial charge in [-0.25, -0.2) is 30.0 Å². The van der Waals surface area contributed by atoms with Crippen molar-refractivity contribution in [2.75, 3.05) is 26.5 Å². The number of alkyl halides is 6. The van der Waals surface area contributed by atoms with Gasteiger partial charge in [0.25, 0.3) is 10.0 Å². The molecule has 0 aromatic heterocycles. The van der Waals surface area contributed by atoms with E-state index < -0.39 is 51.1 Å². The number of hydrogen-bond donors (Lipinski definition) is 4. The molecule has 4 N–H and O–H groups in total. The summed E-state index contributed by atoms with van der Waals surface area (Å²) in [5.41, 5.74) is -9.41. The van der Waals surface area contributed by atoms with E-state index in [1.165, 1.54) is 33.7 Å². The van der Waals surface area contributed by atoms with Crippen molar-refractivity contribution in [3.05, 3.63) is 121 Å². The minimum Gasteiger partial charge on any atom is -0.284 e. The lowest BCUT2D eigenvalue weighted by atomic mass is 10.3. The van der Waals surface area contributed by atoms with Crippen molar-refractivity contribution in [3.8, 4) is 0 Å². The fourth-order valence-corrected chi connectivity index (χ4v) is 6.97. The zero-order valence-corrected chi connectivity index (χ0v) is 32.5. The normalized spacial score (nSPS) is 11.9. The molecular formula is C33H40F6N4O8S4. The fraction of sp³-hybridized carbons (Fsp3) is 0.273. The molecular weight excluding hydrogens is 823 g/mol. The molecule has 0 heterocycles. The van der Waals surface area contributed by atoms with Gasteiger partial charge in [0.05, 0.1) is 10.6 Å². The number of hydrogen-bond acceptors (Lipinski definition) is 8. The number of sulfonamides is 4. The van der Waals surface area contributed by atoms with Crippen molar-refractivity contribution in [1.29, 1.82) is 0 Å². The van der Waals surface area contributed by atoms with Crippen LogP contribution in [0.1, 0.15) is 33.1 Å². The SMILES string of the molecule is CCCCS(=O)(=O)Nc1ccccc1.CCCNS(=O)(=O)C(F)(F)F.O=S(=O)(Nc1ccccc1)C(F)(F)F.O=S(=O)(Nc1ccccc1)c1ccccc1. The molecule has 0 radical (unpaired) electrons. The van der Waals surface area contributed by atoms with E-state index in [9.17, 15) is 60.0 Å². The van der Waals surface area contributed by atoms with Crippen LogP contribution in [0.3, 0.4) is 0 Å². The number of halogens is 6. The number of anilines is 3. The summed E-state index contributed by atoms with van der Waals surface area (Å²) in [4.78, 5) is 0.263. The first-order chi connectivity index (χ1) is 25.5. The minimum atomic E-state index is -5.30. The van der Waals surface area contributed by atoms with E-state index in [1.54, 1.807) is 91.9 Å². The highest BCUT2D eigenvalue weighted by Gasteiger charge is 2.46. The quantitative estimate of drug-likeness (QED) is 0.0996. The first kappa shape index (κ1) is 48.6. The lowest BCUT2D eigenvalue weighted by Gasteiger charge is -2.09. The molecule has 306 valence electrons. The van der Waals surface area contributed by atoms with E-state index >= 15 is 0 Å². The molecule has 0 unspecified atom stereocenters. The summed E-state index contributed by atoms with van der Waals surface area (Å²) in [6, 6.07) is 32.9. The molecule has 0 saturated heterocycles. The van der Waals surface area contributed by atoms with E-state index in [2.05, 4.69) is 9.44 Å². The van der Waals surface area contributed by atoms with Gasteiger partial charge in [-0.3, -0.25) is 14.2 Å². The van der Waals surface area contributed by atoms with E-state index in [4.69, 9.17) is 0 Å². The van der Waals surface area contributed by atoms with Crippen LogP contribution in [0.25, 0.3) is 0 Å². The maximum atomic E-state index is 11.9. The van der Waals surface area contributed by atoms with Crippen LogP contribution in [-0.4, -0.2) is 57.0 Å². The second-order valence-corrected chi connectivity index (χ2v) is 17.6. The number of nitrogens with one attached hydrogen (secondary N) is 4. The standard InChI is InChI=1S/C12H11NO2S.C10H15NO2S.C7H6F3NO2S.C4H8F3NO2S/c14-16(15,12-9-5-2-6-10-12)13-11-7-3-1-4-8-11;1-2-3-9-14(12,13)11-10-7-5-4-6-8-10;8-7(9,10)14(12,13)11-6-4-2-1-3-5-6;1-2-3-8-11(9,10)4(5,6)7/h1-10,13H;4-8,11H,2-3,9H2,1H3;1-5,11H;8H,2-3H2,1H3.